The summed E-state index contributed by atoms with van der Waals surface area (Å²) in [5.41, 5.74) is 0.996. The van der Waals surface area contributed by atoms with Crippen molar-refractivity contribution in [1.29, 1.82) is 0 Å². The van der Waals surface area contributed by atoms with Crippen LogP contribution in [0.5, 0.6) is 0 Å². The first-order valence-corrected chi connectivity index (χ1v) is 8.79. The van der Waals surface area contributed by atoms with Gasteiger partial charge in [0.25, 0.3) is 0 Å². The smallest absolute Gasteiger partial charge is 0.317 e. The molecule has 7 heteroatoms. The van der Waals surface area contributed by atoms with Crippen LogP contribution in [0.1, 0.15) is 19.3 Å². The number of halogens is 1. The minimum atomic E-state index is -0.830. The zero-order chi connectivity index (χ0) is 17.8. The zero-order valence-corrected chi connectivity index (χ0v) is 14.2. The van der Waals surface area contributed by atoms with Gasteiger partial charge in [0.15, 0.2) is 0 Å². The summed E-state index contributed by atoms with van der Waals surface area (Å²) in [5.74, 6) is -1.19. The normalized spacial score (nSPS) is 23.6. The van der Waals surface area contributed by atoms with Crippen molar-refractivity contribution in [2.45, 2.75) is 19.3 Å². The number of hydrogen-bond acceptors (Lipinski definition) is 3. The monoisotopic (exact) mass is 349 g/mol. The Morgan fingerprint density at radius 2 is 1.92 bits per heavy atom. The highest BCUT2D eigenvalue weighted by Crippen LogP contribution is 2.24. The number of carbonyl (C=O) groups is 2. The summed E-state index contributed by atoms with van der Waals surface area (Å²) < 4.78 is 13.0. The molecule has 2 amide bonds. The van der Waals surface area contributed by atoms with E-state index >= 15 is 0 Å². The minimum absolute atomic E-state index is 0.175. The lowest BCUT2D eigenvalue weighted by atomic mass is 9.99. The largest absolute Gasteiger partial charge is 0.481 e. The molecule has 3 rings (SSSR count). The summed E-state index contributed by atoms with van der Waals surface area (Å²) in [5, 5.41) is 12.0. The van der Waals surface area contributed by atoms with Gasteiger partial charge in [-0.3, -0.25) is 4.79 Å². The molecule has 2 heterocycles. The number of urea groups is 1. The first-order valence-electron chi connectivity index (χ1n) is 8.79. The number of amides is 2. The highest BCUT2D eigenvalue weighted by Gasteiger charge is 2.29. The van der Waals surface area contributed by atoms with Gasteiger partial charge in [-0.05, 0) is 49.4 Å². The van der Waals surface area contributed by atoms with Gasteiger partial charge >= 0.3 is 12.0 Å². The fourth-order valence-corrected chi connectivity index (χ4v) is 3.59. The standard InChI is InChI=1S/C18H24FN3O3/c19-15-3-5-16(6-4-15)21-9-7-13(11-21)10-20-18(25)22-8-1-2-14(12-22)17(23)24/h3-6,13-14H,1-2,7-12H2,(H,20,25)(H,23,24). The zero-order valence-electron chi connectivity index (χ0n) is 14.2. The number of piperidine rings is 1. The number of hydrogen-bond donors (Lipinski definition) is 2. The molecule has 1 aromatic carbocycles. The Morgan fingerprint density at radius 3 is 2.64 bits per heavy atom. The van der Waals surface area contributed by atoms with Gasteiger partial charge < -0.3 is 20.2 Å². The second kappa shape index (κ2) is 7.72. The molecule has 1 aromatic rings. The van der Waals surface area contributed by atoms with E-state index in [2.05, 4.69) is 10.2 Å². The van der Waals surface area contributed by atoms with E-state index in [1.54, 1.807) is 17.0 Å². The summed E-state index contributed by atoms with van der Waals surface area (Å²) in [7, 11) is 0. The fraction of sp³-hybridized carbons (Fsp3) is 0.556. The molecule has 6 nitrogen and oxygen atoms in total. The summed E-state index contributed by atoms with van der Waals surface area (Å²) in [6.07, 6.45) is 2.33. The molecule has 2 aliphatic heterocycles. The average molecular weight is 349 g/mol. The van der Waals surface area contributed by atoms with Gasteiger partial charge in [0.05, 0.1) is 5.92 Å². The first kappa shape index (κ1) is 17.5. The number of nitrogens with one attached hydrogen (secondary N) is 1. The lowest BCUT2D eigenvalue weighted by molar-refractivity contribution is -0.143. The van der Waals surface area contributed by atoms with E-state index in [1.165, 1.54) is 12.1 Å². The summed E-state index contributed by atoms with van der Waals surface area (Å²) in [6, 6.07) is 6.29. The molecule has 0 aromatic heterocycles. The number of benzene rings is 1. The van der Waals surface area contributed by atoms with Crippen molar-refractivity contribution in [3.8, 4) is 0 Å². The third kappa shape index (κ3) is 4.41. The van der Waals surface area contributed by atoms with Gasteiger partial charge in [0.1, 0.15) is 5.82 Å². The molecule has 25 heavy (non-hydrogen) atoms. The second-order valence-electron chi connectivity index (χ2n) is 6.89. The number of rotatable bonds is 4. The lowest BCUT2D eigenvalue weighted by Gasteiger charge is -2.31. The van der Waals surface area contributed by atoms with Crippen LogP contribution in [-0.2, 0) is 4.79 Å². The number of carboxylic acid groups (broad SMARTS) is 1. The predicted molar refractivity (Wildman–Crippen MR) is 92.1 cm³/mol. The summed E-state index contributed by atoms with van der Waals surface area (Å²) in [6.45, 7) is 3.18. The van der Waals surface area contributed by atoms with Crippen molar-refractivity contribution < 1.29 is 19.1 Å². The van der Waals surface area contributed by atoms with Crippen LogP contribution in [-0.4, -0.2) is 54.7 Å². The molecule has 0 aliphatic carbocycles. The van der Waals surface area contributed by atoms with Gasteiger partial charge in [-0.25, -0.2) is 9.18 Å². The maximum Gasteiger partial charge on any atom is 0.317 e. The second-order valence-corrected chi connectivity index (χ2v) is 6.89. The Morgan fingerprint density at radius 1 is 1.16 bits per heavy atom. The third-order valence-electron chi connectivity index (χ3n) is 5.08. The Bertz CT molecular complexity index is 622. The van der Waals surface area contributed by atoms with Crippen LogP contribution >= 0.6 is 0 Å². The lowest BCUT2D eigenvalue weighted by Crippen LogP contribution is -2.48. The van der Waals surface area contributed by atoms with E-state index in [9.17, 15) is 14.0 Å². The fourth-order valence-electron chi connectivity index (χ4n) is 3.59. The minimum Gasteiger partial charge on any atom is -0.481 e. The molecule has 0 spiro atoms. The maximum absolute atomic E-state index is 13.0. The topological polar surface area (TPSA) is 72.9 Å². The molecule has 2 unspecified atom stereocenters. The number of anilines is 1. The van der Waals surface area contributed by atoms with Gasteiger partial charge in [0.2, 0.25) is 0 Å². The molecule has 2 atom stereocenters. The third-order valence-corrected chi connectivity index (χ3v) is 5.08. The van der Waals surface area contributed by atoms with Crippen LogP contribution in [0.2, 0.25) is 0 Å². The van der Waals surface area contributed by atoms with E-state index in [0.29, 0.717) is 25.4 Å². The van der Waals surface area contributed by atoms with Crippen LogP contribution < -0.4 is 10.2 Å². The predicted octanol–water partition coefficient (Wildman–Crippen LogP) is 2.16. The average Bonchev–Trinajstić information content (AvgIpc) is 3.09. The molecule has 2 N–H and O–H groups in total. The molecule has 136 valence electrons. The number of nitrogens with zero attached hydrogens (tertiary/aromatic N) is 2. The number of aliphatic carboxylic acids is 1. The molecule has 0 bridgehead atoms. The van der Waals surface area contributed by atoms with E-state index in [4.69, 9.17) is 5.11 Å². The Kier molecular flexibility index (Phi) is 5.40. The quantitative estimate of drug-likeness (QED) is 0.874. The highest BCUT2D eigenvalue weighted by molar-refractivity contribution is 5.76. The van der Waals surface area contributed by atoms with Gasteiger partial charge in [-0.15, -0.1) is 0 Å². The van der Waals surface area contributed by atoms with Crippen molar-refractivity contribution in [2.24, 2.45) is 11.8 Å². The van der Waals surface area contributed by atoms with Crippen LogP contribution in [0.15, 0.2) is 24.3 Å². The van der Waals surface area contributed by atoms with Crippen LogP contribution in [0.25, 0.3) is 0 Å². The molecule has 0 radical (unpaired) electrons. The van der Waals surface area contributed by atoms with Crippen LogP contribution in [0.4, 0.5) is 14.9 Å². The van der Waals surface area contributed by atoms with E-state index in [1.807, 2.05) is 0 Å². The molecular weight excluding hydrogens is 325 g/mol. The van der Waals surface area contributed by atoms with Crippen LogP contribution in [0.3, 0.4) is 0 Å². The molecule has 2 fully saturated rings. The van der Waals surface area contributed by atoms with Gasteiger partial charge in [-0.2, -0.15) is 0 Å². The van der Waals surface area contributed by atoms with E-state index in [-0.39, 0.29) is 18.4 Å². The number of likely N-dealkylation sites (tertiary alicyclic amines) is 1. The van der Waals surface area contributed by atoms with Gasteiger partial charge in [0, 0.05) is 38.4 Å². The van der Waals surface area contributed by atoms with Crippen molar-refractivity contribution >= 4 is 17.7 Å². The van der Waals surface area contributed by atoms with Gasteiger partial charge in [-0.1, -0.05) is 0 Å². The number of carboxylic acids is 1. The Hall–Kier alpha value is -2.31. The van der Waals surface area contributed by atoms with Crippen molar-refractivity contribution in [1.82, 2.24) is 10.2 Å². The molecule has 0 saturated carbocycles. The first-order chi connectivity index (χ1) is 12.0. The SMILES string of the molecule is O=C(O)C1CCCN(C(=O)NCC2CCN(c3ccc(F)cc3)C2)C1. The van der Waals surface area contributed by atoms with Crippen molar-refractivity contribution in [2.75, 3.05) is 37.6 Å². The maximum atomic E-state index is 13.0. The molecule has 2 saturated heterocycles. The Labute approximate surface area is 146 Å². The van der Waals surface area contributed by atoms with Crippen molar-refractivity contribution in [3.05, 3.63) is 30.1 Å². The molecule has 2 aliphatic rings. The highest BCUT2D eigenvalue weighted by atomic mass is 19.1. The number of carbonyl (C=O) groups excluding carboxylic acids is 1. The van der Waals surface area contributed by atoms with E-state index < -0.39 is 11.9 Å². The summed E-state index contributed by atoms with van der Waals surface area (Å²) >= 11 is 0. The van der Waals surface area contributed by atoms with Crippen LogP contribution in [0, 0.1) is 17.7 Å². The van der Waals surface area contributed by atoms with Crippen molar-refractivity contribution in [3.63, 3.8) is 0 Å². The molecular formula is C18H24FN3O3. The summed E-state index contributed by atoms with van der Waals surface area (Å²) in [4.78, 5) is 27.2. The Balaban J connectivity index is 1.45. The van der Waals surface area contributed by atoms with E-state index in [0.717, 1.165) is 31.6 Å².